The zero-order valence-corrected chi connectivity index (χ0v) is 14.9. The van der Waals surface area contributed by atoms with Crippen LogP contribution < -0.4 is 5.32 Å². The third-order valence-electron chi connectivity index (χ3n) is 4.46. The summed E-state index contributed by atoms with van der Waals surface area (Å²) < 4.78 is 5.57. The number of methoxy groups -OCH3 is 1. The summed E-state index contributed by atoms with van der Waals surface area (Å²) in [6.45, 7) is 0. The molecular formula is C16H19ClN2O4S. The molecular weight excluding hydrogens is 352 g/mol. The van der Waals surface area contributed by atoms with Gasteiger partial charge in [0.2, 0.25) is 6.10 Å². The highest BCUT2D eigenvalue weighted by Crippen LogP contribution is 2.31. The van der Waals surface area contributed by atoms with Crippen LogP contribution in [0.1, 0.15) is 43.4 Å². The van der Waals surface area contributed by atoms with E-state index >= 15 is 0 Å². The molecule has 0 unspecified atom stereocenters. The number of hydrogen-bond donors (Lipinski definition) is 1. The number of nitrogens with zero attached hydrogens (tertiary/aromatic N) is 1. The van der Waals surface area contributed by atoms with Crippen molar-refractivity contribution >= 4 is 40.5 Å². The SMILES string of the molecule is COC(=O)C1(NC(=O)[C@H]2CC(c3ccc(Cl)s3)=NO2)CCCCC1. The van der Waals surface area contributed by atoms with E-state index in [0.29, 0.717) is 29.3 Å². The van der Waals surface area contributed by atoms with Crippen molar-refractivity contribution in [3.8, 4) is 0 Å². The first-order valence-corrected chi connectivity index (χ1v) is 9.12. The number of hydrogen-bond acceptors (Lipinski definition) is 6. The molecule has 2 aliphatic rings. The molecule has 8 heteroatoms. The summed E-state index contributed by atoms with van der Waals surface area (Å²) in [4.78, 5) is 31.0. The maximum absolute atomic E-state index is 12.6. The summed E-state index contributed by atoms with van der Waals surface area (Å²) >= 11 is 7.32. The zero-order chi connectivity index (χ0) is 17.2. The minimum absolute atomic E-state index is 0.330. The van der Waals surface area contributed by atoms with Crippen molar-refractivity contribution < 1.29 is 19.2 Å². The lowest BCUT2D eigenvalue weighted by atomic mass is 9.81. The third-order valence-corrected chi connectivity index (χ3v) is 5.74. The molecule has 3 rings (SSSR count). The summed E-state index contributed by atoms with van der Waals surface area (Å²) in [7, 11) is 1.35. The van der Waals surface area contributed by atoms with Crippen molar-refractivity contribution in [2.24, 2.45) is 5.16 Å². The molecule has 130 valence electrons. The Morgan fingerprint density at radius 3 is 2.75 bits per heavy atom. The molecule has 1 amide bonds. The number of nitrogens with one attached hydrogen (secondary N) is 1. The van der Waals surface area contributed by atoms with E-state index in [4.69, 9.17) is 21.2 Å². The molecule has 1 aromatic rings. The summed E-state index contributed by atoms with van der Waals surface area (Å²) in [6, 6.07) is 3.64. The highest BCUT2D eigenvalue weighted by atomic mass is 35.5. The number of rotatable bonds is 4. The van der Waals surface area contributed by atoms with E-state index in [1.54, 1.807) is 6.07 Å². The van der Waals surface area contributed by atoms with Crippen molar-refractivity contribution in [2.45, 2.75) is 50.2 Å². The molecule has 1 aliphatic carbocycles. The van der Waals surface area contributed by atoms with E-state index in [1.807, 2.05) is 6.07 Å². The minimum Gasteiger partial charge on any atom is -0.467 e. The van der Waals surface area contributed by atoms with Gasteiger partial charge in [-0.3, -0.25) is 4.79 Å². The van der Waals surface area contributed by atoms with Gasteiger partial charge in [-0.2, -0.15) is 0 Å². The highest BCUT2D eigenvalue weighted by molar-refractivity contribution is 7.18. The van der Waals surface area contributed by atoms with Crippen LogP contribution in [0.5, 0.6) is 0 Å². The van der Waals surface area contributed by atoms with E-state index in [1.165, 1.54) is 18.4 Å². The Morgan fingerprint density at radius 1 is 1.38 bits per heavy atom. The van der Waals surface area contributed by atoms with E-state index in [9.17, 15) is 9.59 Å². The van der Waals surface area contributed by atoms with E-state index in [-0.39, 0.29) is 11.9 Å². The van der Waals surface area contributed by atoms with Gasteiger partial charge in [0.05, 0.1) is 16.3 Å². The van der Waals surface area contributed by atoms with Gasteiger partial charge in [0.15, 0.2) is 0 Å². The maximum Gasteiger partial charge on any atom is 0.331 e. The summed E-state index contributed by atoms with van der Waals surface area (Å²) in [5.41, 5.74) is -0.245. The Hall–Kier alpha value is -1.60. The predicted octanol–water partition coefficient (Wildman–Crippen LogP) is 2.89. The second-order valence-corrected chi connectivity index (χ2v) is 7.78. The van der Waals surface area contributed by atoms with Crippen LogP contribution in [-0.2, 0) is 19.2 Å². The van der Waals surface area contributed by atoms with Gasteiger partial charge in [-0.25, -0.2) is 4.79 Å². The summed E-state index contributed by atoms with van der Waals surface area (Å²) in [5, 5.41) is 6.86. The molecule has 0 saturated heterocycles. The first-order chi connectivity index (χ1) is 11.5. The van der Waals surface area contributed by atoms with E-state index in [0.717, 1.165) is 24.1 Å². The molecule has 2 heterocycles. The van der Waals surface area contributed by atoms with Crippen molar-refractivity contribution in [3.05, 3.63) is 21.3 Å². The lowest BCUT2D eigenvalue weighted by Crippen LogP contribution is -2.58. The van der Waals surface area contributed by atoms with Gasteiger partial charge in [-0.05, 0) is 25.0 Å². The summed E-state index contributed by atoms with van der Waals surface area (Å²) in [5.74, 6) is -0.719. The lowest BCUT2D eigenvalue weighted by molar-refractivity contribution is -0.154. The largest absolute Gasteiger partial charge is 0.467 e. The topological polar surface area (TPSA) is 77.0 Å². The van der Waals surface area contributed by atoms with Crippen LogP contribution >= 0.6 is 22.9 Å². The molecule has 1 N–H and O–H groups in total. The smallest absolute Gasteiger partial charge is 0.331 e. The second kappa shape index (κ2) is 7.11. The fraction of sp³-hybridized carbons (Fsp3) is 0.562. The van der Waals surface area contributed by atoms with Crippen LogP contribution in [0.3, 0.4) is 0 Å². The van der Waals surface area contributed by atoms with Gasteiger partial charge >= 0.3 is 5.97 Å². The predicted molar refractivity (Wildman–Crippen MR) is 91.3 cm³/mol. The number of oxime groups is 1. The van der Waals surface area contributed by atoms with Crippen LogP contribution in [-0.4, -0.2) is 36.3 Å². The molecule has 1 aliphatic heterocycles. The number of halogens is 1. The first kappa shape index (κ1) is 17.2. The number of carbonyl (C=O) groups is 2. The van der Waals surface area contributed by atoms with Crippen molar-refractivity contribution in [1.29, 1.82) is 0 Å². The Morgan fingerprint density at radius 2 is 2.12 bits per heavy atom. The van der Waals surface area contributed by atoms with E-state index < -0.39 is 11.6 Å². The number of esters is 1. The lowest BCUT2D eigenvalue weighted by Gasteiger charge is -2.35. The number of thiophene rings is 1. The molecule has 0 spiro atoms. The molecule has 1 aromatic heterocycles. The van der Waals surface area contributed by atoms with Gasteiger partial charge in [-0.15, -0.1) is 11.3 Å². The Balaban J connectivity index is 1.65. The third kappa shape index (κ3) is 3.42. The van der Waals surface area contributed by atoms with Crippen LogP contribution in [0.25, 0.3) is 0 Å². The molecule has 1 fully saturated rings. The van der Waals surface area contributed by atoms with Crippen LogP contribution in [0.15, 0.2) is 17.3 Å². The van der Waals surface area contributed by atoms with Gasteiger partial charge in [0, 0.05) is 6.42 Å². The van der Waals surface area contributed by atoms with E-state index in [2.05, 4.69) is 10.5 Å². The zero-order valence-electron chi connectivity index (χ0n) is 13.3. The van der Waals surface area contributed by atoms with Crippen molar-refractivity contribution in [1.82, 2.24) is 5.32 Å². The fourth-order valence-electron chi connectivity index (χ4n) is 3.18. The number of amides is 1. The van der Waals surface area contributed by atoms with Gasteiger partial charge in [0.1, 0.15) is 11.3 Å². The monoisotopic (exact) mass is 370 g/mol. The Bertz CT molecular complexity index is 667. The summed E-state index contributed by atoms with van der Waals surface area (Å²) in [6.07, 6.45) is 3.64. The number of ether oxygens (including phenoxy) is 1. The first-order valence-electron chi connectivity index (χ1n) is 7.93. The average molecular weight is 371 g/mol. The van der Waals surface area contributed by atoms with Crippen molar-refractivity contribution in [2.75, 3.05) is 7.11 Å². The van der Waals surface area contributed by atoms with Gasteiger partial charge in [0.25, 0.3) is 5.91 Å². The second-order valence-electron chi connectivity index (χ2n) is 6.06. The Labute approximate surface area is 149 Å². The van der Waals surface area contributed by atoms with Crippen LogP contribution in [0.4, 0.5) is 0 Å². The normalized spacial score (nSPS) is 22.4. The number of carbonyl (C=O) groups excluding carboxylic acids is 2. The van der Waals surface area contributed by atoms with Gasteiger partial charge < -0.3 is 14.9 Å². The highest BCUT2D eigenvalue weighted by Gasteiger charge is 2.44. The fourth-order valence-corrected chi connectivity index (χ4v) is 4.21. The van der Waals surface area contributed by atoms with Crippen LogP contribution in [0, 0.1) is 0 Å². The molecule has 6 nitrogen and oxygen atoms in total. The molecule has 1 saturated carbocycles. The molecule has 24 heavy (non-hydrogen) atoms. The van der Waals surface area contributed by atoms with Crippen LogP contribution in [0.2, 0.25) is 4.34 Å². The molecule has 0 aromatic carbocycles. The Kier molecular flexibility index (Phi) is 5.10. The van der Waals surface area contributed by atoms with Crippen molar-refractivity contribution in [3.63, 3.8) is 0 Å². The minimum atomic E-state index is -0.942. The standard InChI is InChI=1S/C16H19ClN2O4S/c1-22-15(21)16(7-3-2-4-8-16)18-14(20)11-9-10(19-23-11)12-5-6-13(17)24-12/h5-6,11H,2-4,7-9H2,1H3,(H,18,20)/t11-/m1/s1. The molecule has 0 bridgehead atoms. The molecule has 0 radical (unpaired) electrons. The average Bonchev–Trinajstić information content (AvgIpc) is 3.23. The maximum atomic E-state index is 12.6. The molecule has 1 atom stereocenters. The quantitative estimate of drug-likeness (QED) is 0.827. The van der Waals surface area contributed by atoms with Gasteiger partial charge in [-0.1, -0.05) is 36.0 Å².